The summed E-state index contributed by atoms with van der Waals surface area (Å²) >= 11 is 1.90. The third-order valence-corrected chi connectivity index (χ3v) is 6.41. The lowest BCUT2D eigenvalue weighted by molar-refractivity contribution is -0.143. The lowest BCUT2D eigenvalue weighted by Gasteiger charge is -2.21. The van der Waals surface area contributed by atoms with Crippen molar-refractivity contribution in [2.75, 3.05) is 13.2 Å². The predicted octanol–water partition coefficient (Wildman–Crippen LogP) is 2.26. The number of amides is 2. The van der Waals surface area contributed by atoms with Crippen LogP contribution in [-0.4, -0.2) is 42.5 Å². The molecule has 7 heteroatoms. The van der Waals surface area contributed by atoms with Gasteiger partial charge in [-0.25, -0.2) is 4.79 Å². The first kappa shape index (κ1) is 17.5. The molecule has 0 radical (unpaired) electrons. The lowest BCUT2D eigenvalue weighted by Crippen LogP contribution is -2.37. The molecular formula is C17H27N3O3S. The molecule has 6 nitrogen and oxygen atoms in total. The molecule has 3 N–H and O–H groups in total. The van der Waals surface area contributed by atoms with Gasteiger partial charge < -0.3 is 20.7 Å². The Kier molecular flexibility index (Phi) is 5.92. The number of carbonyl (C=O) groups is 2. The zero-order chi connectivity index (χ0) is 16.9. The number of thioether (sulfide) groups is 1. The number of esters is 1. The number of nitrogens with one attached hydrogen (secondary N) is 3. The van der Waals surface area contributed by atoms with E-state index in [1.165, 1.54) is 23.4 Å². The van der Waals surface area contributed by atoms with E-state index in [0.717, 1.165) is 32.2 Å². The van der Waals surface area contributed by atoms with E-state index in [0.29, 0.717) is 18.3 Å². The molecule has 3 aliphatic heterocycles. The molecule has 0 spiro atoms. The molecule has 3 atom stereocenters. The molecule has 0 aromatic heterocycles. The highest BCUT2D eigenvalue weighted by Gasteiger charge is 2.47. The summed E-state index contributed by atoms with van der Waals surface area (Å²) in [6.07, 6.45) is 6.83. The Balaban J connectivity index is 1.56. The first-order chi connectivity index (χ1) is 11.7. The molecule has 0 saturated carbocycles. The highest BCUT2D eigenvalue weighted by atomic mass is 32.2. The molecular weight excluding hydrogens is 326 g/mol. The third-order valence-electron chi connectivity index (χ3n) is 4.82. The van der Waals surface area contributed by atoms with Gasteiger partial charge in [-0.3, -0.25) is 4.79 Å². The Morgan fingerprint density at radius 2 is 2.17 bits per heavy atom. The molecule has 3 saturated heterocycles. The van der Waals surface area contributed by atoms with Crippen molar-refractivity contribution >= 4 is 23.8 Å². The number of carbonyl (C=O) groups excluding carboxylic acids is 2. The monoisotopic (exact) mass is 353 g/mol. The topological polar surface area (TPSA) is 79.5 Å². The molecule has 3 heterocycles. The average molecular weight is 353 g/mol. The Morgan fingerprint density at radius 3 is 2.92 bits per heavy atom. The number of rotatable bonds is 6. The fourth-order valence-corrected chi connectivity index (χ4v) is 5.31. The minimum absolute atomic E-state index is 0.0595. The minimum atomic E-state index is -0.112. The van der Waals surface area contributed by atoms with Crippen molar-refractivity contribution in [2.45, 2.75) is 69.2 Å². The standard InChI is InChI=1S/C17H27N3O3S/c1-2-23-13(21)9-4-3-8-12-14-15(20-17(22)19-14)16(24-12)11-7-5-6-10-18-11/h12,14-15,18H,2-10H2,1H3,(H2,19,20,22)/b16-11-/t12-,14+,15+/m1/s1. The van der Waals surface area contributed by atoms with Crippen LogP contribution in [0.25, 0.3) is 0 Å². The predicted molar refractivity (Wildman–Crippen MR) is 94.6 cm³/mol. The van der Waals surface area contributed by atoms with Crippen molar-refractivity contribution in [1.82, 2.24) is 16.0 Å². The molecule has 2 amide bonds. The van der Waals surface area contributed by atoms with Gasteiger partial charge in [-0.05, 0) is 39.0 Å². The van der Waals surface area contributed by atoms with Gasteiger partial charge in [-0.15, -0.1) is 11.8 Å². The van der Waals surface area contributed by atoms with Crippen molar-refractivity contribution in [3.8, 4) is 0 Å². The van der Waals surface area contributed by atoms with E-state index < -0.39 is 0 Å². The smallest absolute Gasteiger partial charge is 0.315 e. The van der Waals surface area contributed by atoms with Crippen LogP contribution in [0.5, 0.6) is 0 Å². The van der Waals surface area contributed by atoms with Gasteiger partial charge >= 0.3 is 12.0 Å². The summed E-state index contributed by atoms with van der Waals surface area (Å²) < 4.78 is 4.97. The Morgan fingerprint density at radius 1 is 1.29 bits per heavy atom. The van der Waals surface area contributed by atoms with Gasteiger partial charge in [0, 0.05) is 28.8 Å². The van der Waals surface area contributed by atoms with Crippen molar-refractivity contribution in [2.24, 2.45) is 0 Å². The van der Waals surface area contributed by atoms with Crippen LogP contribution in [0.1, 0.15) is 51.9 Å². The molecule has 0 bridgehead atoms. The van der Waals surface area contributed by atoms with Crippen LogP contribution in [0.4, 0.5) is 4.79 Å². The number of allylic oxidation sites excluding steroid dienone is 1. The highest BCUT2D eigenvalue weighted by molar-refractivity contribution is 8.04. The summed E-state index contributed by atoms with van der Waals surface area (Å²) in [5.41, 5.74) is 1.32. The molecule has 3 aliphatic rings. The van der Waals surface area contributed by atoms with Gasteiger partial charge in [0.2, 0.25) is 0 Å². The number of unbranched alkanes of at least 4 members (excludes halogenated alkanes) is 1. The van der Waals surface area contributed by atoms with E-state index in [1.807, 2.05) is 18.7 Å². The molecule has 0 aromatic carbocycles. The van der Waals surface area contributed by atoms with Crippen molar-refractivity contribution < 1.29 is 14.3 Å². The van der Waals surface area contributed by atoms with E-state index in [4.69, 9.17) is 4.74 Å². The van der Waals surface area contributed by atoms with Crippen LogP contribution in [0, 0.1) is 0 Å². The summed E-state index contributed by atoms with van der Waals surface area (Å²) in [6.45, 7) is 3.31. The average Bonchev–Trinajstić information content (AvgIpc) is 3.11. The van der Waals surface area contributed by atoms with Crippen LogP contribution < -0.4 is 16.0 Å². The van der Waals surface area contributed by atoms with Crippen molar-refractivity contribution in [3.63, 3.8) is 0 Å². The zero-order valence-corrected chi connectivity index (χ0v) is 15.0. The largest absolute Gasteiger partial charge is 0.466 e. The van der Waals surface area contributed by atoms with Gasteiger partial charge in [0.1, 0.15) is 0 Å². The van der Waals surface area contributed by atoms with Crippen LogP contribution in [0.3, 0.4) is 0 Å². The second-order valence-corrected chi connectivity index (χ2v) is 7.84. The molecule has 0 unspecified atom stereocenters. The number of ether oxygens (including phenoxy) is 1. The Bertz CT molecular complexity index is 515. The molecule has 3 rings (SSSR count). The molecule has 0 aromatic rings. The minimum Gasteiger partial charge on any atom is -0.466 e. The van der Waals surface area contributed by atoms with E-state index >= 15 is 0 Å². The number of hydrogen-bond acceptors (Lipinski definition) is 5. The SMILES string of the molecule is CCOC(=O)CCCC[C@H]1S/C(=C2/CCCCN2)[C@H]2NC(=O)N[C@H]21. The Labute approximate surface area is 147 Å². The van der Waals surface area contributed by atoms with Gasteiger partial charge in [0.15, 0.2) is 0 Å². The van der Waals surface area contributed by atoms with Crippen LogP contribution in [-0.2, 0) is 9.53 Å². The van der Waals surface area contributed by atoms with Gasteiger partial charge in [0.05, 0.1) is 18.7 Å². The lowest BCUT2D eigenvalue weighted by atomic mass is 9.99. The summed E-state index contributed by atoms with van der Waals surface area (Å²) in [7, 11) is 0. The van der Waals surface area contributed by atoms with Crippen molar-refractivity contribution in [3.05, 3.63) is 10.6 Å². The van der Waals surface area contributed by atoms with E-state index in [2.05, 4.69) is 16.0 Å². The second-order valence-electron chi connectivity index (χ2n) is 6.56. The fraction of sp³-hybridized carbons (Fsp3) is 0.765. The fourth-order valence-electron chi connectivity index (χ4n) is 3.66. The maximum Gasteiger partial charge on any atom is 0.315 e. The van der Waals surface area contributed by atoms with E-state index in [9.17, 15) is 9.59 Å². The highest BCUT2D eigenvalue weighted by Crippen LogP contribution is 2.44. The number of fused-ring (bicyclic) bond motifs is 1. The first-order valence-corrected chi connectivity index (χ1v) is 9.93. The number of hydrogen-bond donors (Lipinski definition) is 3. The van der Waals surface area contributed by atoms with E-state index in [1.54, 1.807) is 0 Å². The van der Waals surface area contributed by atoms with Gasteiger partial charge in [-0.1, -0.05) is 6.42 Å². The second kappa shape index (κ2) is 8.14. The molecule has 3 fully saturated rings. The van der Waals surface area contributed by atoms with Crippen molar-refractivity contribution in [1.29, 1.82) is 0 Å². The number of piperidine rings is 1. The number of urea groups is 1. The summed E-state index contributed by atoms with van der Waals surface area (Å²) in [5, 5.41) is 10.1. The van der Waals surface area contributed by atoms with E-state index in [-0.39, 0.29) is 24.1 Å². The molecule has 134 valence electrons. The normalized spacial score (nSPS) is 31.9. The van der Waals surface area contributed by atoms with Gasteiger partial charge in [-0.2, -0.15) is 0 Å². The first-order valence-electron chi connectivity index (χ1n) is 9.05. The van der Waals surface area contributed by atoms with Crippen LogP contribution in [0.2, 0.25) is 0 Å². The third kappa shape index (κ3) is 3.99. The maximum atomic E-state index is 11.8. The quantitative estimate of drug-likeness (QED) is 0.388. The molecule has 24 heavy (non-hydrogen) atoms. The summed E-state index contributed by atoms with van der Waals surface area (Å²) in [5.74, 6) is -0.112. The molecule has 0 aliphatic carbocycles. The maximum absolute atomic E-state index is 11.8. The zero-order valence-electron chi connectivity index (χ0n) is 14.2. The van der Waals surface area contributed by atoms with Crippen LogP contribution >= 0.6 is 11.8 Å². The Hall–Kier alpha value is -1.37. The summed E-state index contributed by atoms with van der Waals surface area (Å²) in [6, 6.07) is 0.213. The van der Waals surface area contributed by atoms with Crippen LogP contribution in [0.15, 0.2) is 10.6 Å². The summed E-state index contributed by atoms with van der Waals surface area (Å²) in [4.78, 5) is 24.5. The van der Waals surface area contributed by atoms with Gasteiger partial charge in [0.25, 0.3) is 0 Å².